The molecule has 5 aromatic rings. The summed E-state index contributed by atoms with van der Waals surface area (Å²) in [6.45, 7) is 2.52. The lowest BCUT2D eigenvalue weighted by molar-refractivity contribution is 0.414. The highest BCUT2D eigenvalue weighted by Crippen LogP contribution is 2.40. The molecule has 6 rings (SSSR count). The molecule has 1 aliphatic heterocycles. The van der Waals surface area contributed by atoms with Crippen LogP contribution in [0.15, 0.2) is 65.6 Å². The molecule has 0 amide bonds. The highest BCUT2D eigenvalue weighted by Gasteiger charge is 2.28. The van der Waals surface area contributed by atoms with Crippen molar-refractivity contribution < 1.29 is 13.9 Å². The Hall–Kier alpha value is -4.33. The molecule has 8 nitrogen and oxygen atoms in total. The third-order valence-electron chi connectivity index (χ3n) is 6.17. The van der Waals surface area contributed by atoms with Crippen molar-refractivity contribution in [1.82, 2.24) is 24.3 Å². The van der Waals surface area contributed by atoms with Gasteiger partial charge in [0, 0.05) is 17.5 Å². The van der Waals surface area contributed by atoms with Gasteiger partial charge in [0.05, 0.1) is 50.2 Å². The monoisotopic (exact) mass is 453 g/mol. The quantitative estimate of drug-likeness (QED) is 0.377. The molecule has 170 valence electrons. The van der Waals surface area contributed by atoms with E-state index in [-0.39, 0.29) is 0 Å². The average Bonchev–Trinajstić information content (AvgIpc) is 3.56. The van der Waals surface area contributed by atoms with Gasteiger partial charge in [0.2, 0.25) is 5.89 Å². The van der Waals surface area contributed by atoms with Crippen molar-refractivity contribution in [2.24, 2.45) is 0 Å². The van der Waals surface area contributed by atoms with E-state index in [9.17, 15) is 0 Å². The lowest BCUT2D eigenvalue weighted by Crippen LogP contribution is -2.05. The van der Waals surface area contributed by atoms with E-state index in [0.717, 1.165) is 56.7 Å². The molecule has 0 bridgehead atoms. The Morgan fingerprint density at radius 1 is 0.971 bits per heavy atom. The molecular formula is C26H23N5O3. The molecule has 0 saturated carbocycles. The Kier molecular flexibility index (Phi) is 4.72. The zero-order valence-corrected chi connectivity index (χ0v) is 19.1. The summed E-state index contributed by atoms with van der Waals surface area (Å²) >= 11 is 0. The first kappa shape index (κ1) is 20.3. The minimum Gasteiger partial charge on any atom is -0.497 e. The van der Waals surface area contributed by atoms with Crippen LogP contribution >= 0.6 is 0 Å². The van der Waals surface area contributed by atoms with Crippen LogP contribution in [0.1, 0.15) is 22.6 Å². The summed E-state index contributed by atoms with van der Waals surface area (Å²) < 4.78 is 20.8. The van der Waals surface area contributed by atoms with Crippen molar-refractivity contribution in [2.45, 2.75) is 19.9 Å². The number of ether oxygens (including phenoxy) is 2. The molecule has 0 unspecified atom stereocenters. The van der Waals surface area contributed by atoms with Crippen LogP contribution in [-0.2, 0) is 13.0 Å². The number of aromatic nitrogens is 5. The molecule has 8 heteroatoms. The first-order chi connectivity index (χ1) is 16.6. The predicted octanol–water partition coefficient (Wildman–Crippen LogP) is 4.67. The Bertz CT molecular complexity index is 1490. The van der Waals surface area contributed by atoms with E-state index < -0.39 is 0 Å². The van der Waals surface area contributed by atoms with Crippen molar-refractivity contribution in [3.05, 3.63) is 83.8 Å². The van der Waals surface area contributed by atoms with E-state index in [1.165, 1.54) is 0 Å². The Morgan fingerprint density at radius 2 is 1.76 bits per heavy atom. The third-order valence-corrected chi connectivity index (χ3v) is 6.17. The highest BCUT2D eigenvalue weighted by molar-refractivity contribution is 5.77. The summed E-state index contributed by atoms with van der Waals surface area (Å²) in [5.41, 5.74) is 7.09. The van der Waals surface area contributed by atoms with E-state index >= 15 is 0 Å². The van der Waals surface area contributed by atoms with Crippen LogP contribution in [-0.4, -0.2) is 38.5 Å². The van der Waals surface area contributed by atoms with Crippen LogP contribution in [0.25, 0.3) is 28.5 Å². The van der Waals surface area contributed by atoms with Crippen molar-refractivity contribution in [1.29, 1.82) is 0 Å². The fourth-order valence-corrected chi connectivity index (χ4v) is 4.50. The molecule has 2 aromatic carbocycles. The van der Waals surface area contributed by atoms with Gasteiger partial charge in [-0.15, -0.1) is 0 Å². The molecule has 0 N–H and O–H groups in total. The SMILES string of the molecule is COc1ccc(Cn2ncc3c2-c2cc(OC)ccc2-n2cnc(-c4ncc(C)o4)c2C3)cc1. The second kappa shape index (κ2) is 7.91. The largest absolute Gasteiger partial charge is 0.497 e. The van der Waals surface area contributed by atoms with Gasteiger partial charge in [0.1, 0.15) is 29.3 Å². The summed E-state index contributed by atoms with van der Waals surface area (Å²) in [6, 6.07) is 14.1. The van der Waals surface area contributed by atoms with Crippen LogP contribution in [0.2, 0.25) is 0 Å². The van der Waals surface area contributed by atoms with E-state index in [1.54, 1.807) is 20.4 Å². The normalized spacial score (nSPS) is 12.0. The van der Waals surface area contributed by atoms with Gasteiger partial charge in [0.25, 0.3) is 0 Å². The lowest BCUT2D eigenvalue weighted by Gasteiger charge is -2.14. The molecule has 0 aliphatic carbocycles. The summed E-state index contributed by atoms with van der Waals surface area (Å²) in [6.07, 6.45) is 6.14. The highest BCUT2D eigenvalue weighted by atomic mass is 16.5. The molecule has 4 heterocycles. The molecular weight excluding hydrogens is 430 g/mol. The summed E-state index contributed by atoms with van der Waals surface area (Å²) in [7, 11) is 3.35. The minimum absolute atomic E-state index is 0.524. The van der Waals surface area contributed by atoms with Gasteiger partial charge in [-0.1, -0.05) is 12.1 Å². The van der Waals surface area contributed by atoms with Crippen molar-refractivity contribution in [3.8, 4) is 40.0 Å². The molecule has 0 radical (unpaired) electrons. The van der Waals surface area contributed by atoms with Crippen LogP contribution < -0.4 is 9.47 Å². The standard InChI is InChI=1S/C26H23N5O3/c1-16-12-27-26(34-16)24-23-10-18-13-29-31(14-17-4-6-19(32-2)7-5-17)25(18)21-11-20(33-3)8-9-22(21)30(23)15-28-24/h4-9,11-13,15H,10,14H2,1-3H3. The Labute approximate surface area is 196 Å². The van der Waals surface area contributed by atoms with E-state index in [2.05, 4.69) is 38.8 Å². The number of aryl methyl sites for hydroxylation is 1. The second-order valence-electron chi connectivity index (χ2n) is 8.27. The van der Waals surface area contributed by atoms with Crippen molar-refractivity contribution in [3.63, 3.8) is 0 Å². The lowest BCUT2D eigenvalue weighted by atomic mass is 10.0. The van der Waals surface area contributed by atoms with Gasteiger partial charge >= 0.3 is 0 Å². The molecule has 1 aliphatic rings. The van der Waals surface area contributed by atoms with Gasteiger partial charge < -0.3 is 18.5 Å². The van der Waals surface area contributed by atoms with E-state index in [1.807, 2.05) is 42.3 Å². The van der Waals surface area contributed by atoms with Gasteiger partial charge in [-0.05, 0) is 42.8 Å². The van der Waals surface area contributed by atoms with Gasteiger partial charge in [-0.3, -0.25) is 4.68 Å². The first-order valence-electron chi connectivity index (χ1n) is 11.0. The summed E-state index contributed by atoms with van der Waals surface area (Å²) in [4.78, 5) is 9.08. The fourth-order valence-electron chi connectivity index (χ4n) is 4.50. The Balaban J connectivity index is 1.51. The number of rotatable bonds is 5. The van der Waals surface area contributed by atoms with Crippen LogP contribution in [0, 0.1) is 6.92 Å². The van der Waals surface area contributed by atoms with Crippen LogP contribution in [0.3, 0.4) is 0 Å². The van der Waals surface area contributed by atoms with Crippen molar-refractivity contribution >= 4 is 0 Å². The van der Waals surface area contributed by atoms with E-state index in [0.29, 0.717) is 18.9 Å². The van der Waals surface area contributed by atoms with Gasteiger partial charge in [-0.2, -0.15) is 5.10 Å². The number of hydrogen-bond donors (Lipinski definition) is 0. The molecule has 0 fully saturated rings. The maximum Gasteiger partial charge on any atom is 0.247 e. The number of methoxy groups -OCH3 is 2. The molecule has 34 heavy (non-hydrogen) atoms. The summed E-state index contributed by atoms with van der Waals surface area (Å²) in [5, 5.41) is 4.77. The number of benzene rings is 2. The number of nitrogens with zero attached hydrogens (tertiary/aromatic N) is 5. The van der Waals surface area contributed by atoms with E-state index in [4.69, 9.17) is 19.0 Å². The third kappa shape index (κ3) is 3.26. The summed E-state index contributed by atoms with van der Waals surface area (Å²) in [5.74, 6) is 2.90. The number of oxazole rings is 1. The smallest absolute Gasteiger partial charge is 0.247 e. The molecule has 0 saturated heterocycles. The van der Waals surface area contributed by atoms with Gasteiger partial charge in [0.15, 0.2) is 0 Å². The number of hydrogen-bond acceptors (Lipinski definition) is 6. The predicted molar refractivity (Wildman–Crippen MR) is 126 cm³/mol. The zero-order valence-electron chi connectivity index (χ0n) is 19.1. The molecule has 3 aromatic heterocycles. The maximum atomic E-state index is 5.81. The first-order valence-corrected chi connectivity index (χ1v) is 11.0. The molecule has 0 spiro atoms. The fraction of sp³-hybridized carbons (Fsp3) is 0.192. The second-order valence-corrected chi connectivity index (χ2v) is 8.27. The van der Waals surface area contributed by atoms with Crippen molar-refractivity contribution in [2.75, 3.05) is 14.2 Å². The number of fused-ring (bicyclic) bond motifs is 5. The van der Waals surface area contributed by atoms with Crippen LogP contribution in [0.4, 0.5) is 0 Å². The van der Waals surface area contributed by atoms with Crippen LogP contribution in [0.5, 0.6) is 11.5 Å². The minimum atomic E-state index is 0.524. The topological polar surface area (TPSA) is 80.1 Å². The Morgan fingerprint density at radius 3 is 2.50 bits per heavy atom. The van der Waals surface area contributed by atoms with Gasteiger partial charge in [-0.25, -0.2) is 9.97 Å². The maximum absolute atomic E-state index is 5.81. The molecule has 0 atom stereocenters. The zero-order chi connectivity index (χ0) is 23.2. The average molecular weight is 454 g/mol. The number of imidazole rings is 1.